The number of amides is 1. The summed E-state index contributed by atoms with van der Waals surface area (Å²) in [7, 11) is 0. The molecule has 2 aromatic carbocycles. The number of carboxylic acid groups (broad SMARTS) is 1. The molecule has 8 heteroatoms. The Balaban J connectivity index is 1.50. The van der Waals surface area contributed by atoms with Crippen molar-refractivity contribution in [2.45, 2.75) is 25.2 Å². The molecule has 5 N–H and O–H groups in total. The molecule has 1 amide bonds. The first-order valence-electron chi connectivity index (χ1n) is 9.10. The van der Waals surface area contributed by atoms with E-state index in [9.17, 15) is 24.9 Å². The van der Waals surface area contributed by atoms with E-state index >= 15 is 0 Å². The normalized spacial score (nSPS) is 13.0. The van der Waals surface area contributed by atoms with Gasteiger partial charge in [-0.1, -0.05) is 36.4 Å². The Kier molecular flexibility index (Phi) is 6.48. The van der Waals surface area contributed by atoms with Crippen molar-refractivity contribution in [1.29, 1.82) is 0 Å². The third-order valence-electron chi connectivity index (χ3n) is 4.56. The van der Waals surface area contributed by atoms with Gasteiger partial charge < -0.3 is 30.4 Å². The van der Waals surface area contributed by atoms with E-state index in [1.807, 2.05) is 30.3 Å². The van der Waals surface area contributed by atoms with Gasteiger partial charge in [-0.05, 0) is 29.7 Å². The maximum Gasteiger partial charge on any atom is 0.407 e. The number of H-pyrrole nitrogens is 1. The number of aromatic amines is 1. The highest BCUT2D eigenvalue weighted by atomic mass is 16.5. The Bertz CT molecular complexity index is 985. The lowest BCUT2D eigenvalue weighted by Gasteiger charge is -2.18. The van der Waals surface area contributed by atoms with E-state index in [1.54, 1.807) is 12.1 Å². The van der Waals surface area contributed by atoms with Crippen LogP contribution in [0.1, 0.15) is 34.0 Å². The van der Waals surface area contributed by atoms with Crippen LogP contribution < -0.4 is 5.32 Å². The van der Waals surface area contributed by atoms with Crippen LogP contribution in [0.15, 0.2) is 54.7 Å². The predicted octanol–water partition coefficient (Wildman–Crippen LogP) is 2.58. The molecule has 3 rings (SSSR count). The van der Waals surface area contributed by atoms with Gasteiger partial charge in [-0.3, -0.25) is 0 Å². The van der Waals surface area contributed by atoms with Crippen molar-refractivity contribution in [1.82, 2.24) is 10.3 Å². The summed E-state index contributed by atoms with van der Waals surface area (Å²) in [4.78, 5) is 25.8. The number of hydrogen-bond donors (Lipinski definition) is 5. The SMILES string of the molecule is O=C(NCCC(O)C(O)c1ccc2[nH]cc(C(=O)O)c2c1)OCc1ccccc1. The maximum absolute atomic E-state index is 11.7. The molecule has 0 aliphatic carbocycles. The first kappa shape index (κ1) is 20.4. The summed E-state index contributed by atoms with van der Waals surface area (Å²) in [6.45, 7) is 0.249. The number of hydrogen-bond acceptors (Lipinski definition) is 5. The molecule has 3 aromatic rings. The van der Waals surface area contributed by atoms with Crippen LogP contribution in [-0.2, 0) is 11.3 Å². The van der Waals surface area contributed by atoms with Gasteiger partial charge in [0.05, 0.1) is 11.7 Å². The van der Waals surface area contributed by atoms with E-state index in [4.69, 9.17) is 4.74 Å². The van der Waals surface area contributed by atoms with Gasteiger partial charge in [0.25, 0.3) is 0 Å². The first-order chi connectivity index (χ1) is 14.0. The van der Waals surface area contributed by atoms with Crippen LogP contribution in [0.3, 0.4) is 0 Å². The van der Waals surface area contributed by atoms with Crippen LogP contribution >= 0.6 is 0 Å². The van der Waals surface area contributed by atoms with Gasteiger partial charge in [-0.15, -0.1) is 0 Å². The summed E-state index contributed by atoms with van der Waals surface area (Å²) < 4.78 is 5.08. The minimum Gasteiger partial charge on any atom is -0.478 e. The van der Waals surface area contributed by atoms with Crippen molar-refractivity contribution in [2.24, 2.45) is 0 Å². The number of carboxylic acids is 1. The molecular weight excluding hydrogens is 376 g/mol. The van der Waals surface area contributed by atoms with Crippen LogP contribution in [0.2, 0.25) is 0 Å². The van der Waals surface area contributed by atoms with Crippen molar-refractivity contribution in [3.8, 4) is 0 Å². The summed E-state index contributed by atoms with van der Waals surface area (Å²) >= 11 is 0. The number of alkyl carbamates (subject to hydrolysis) is 1. The third-order valence-corrected chi connectivity index (χ3v) is 4.56. The van der Waals surface area contributed by atoms with Crippen molar-refractivity contribution >= 4 is 23.0 Å². The number of carbonyl (C=O) groups excluding carboxylic acids is 1. The first-order valence-corrected chi connectivity index (χ1v) is 9.10. The number of aromatic nitrogens is 1. The second-order valence-electron chi connectivity index (χ2n) is 6.60. The third kappa shape index (κ3) is 5.13. The number of carbonyl (C=O) groups is 2. The van der Waals surface area contributed by atoms with E-state index in [2.05, 4.69) is 10.3 Å². The zero-order chi connectivity index (χ0) is 20.8. The smallest absolute Gasteiger partial charge is 0.407 e. The molecule has 29 heavy (non-hydrogen) atoms. The average Bonchev–Trinajstić information content (AvgIpc) is 3.16. The summed E-state index contributed by atoms with van der Waals surface area (Å²) in [5.41, 5.74) is 1.96. The molecule has 0 saturated carbocycles. The lowest BCUT2D eigenvalue weighted by molar-refractivity contribution is 0.0137. The number of aliphatic hydroxyl groups is 2. The Morgan fingerprint density at radius 2 is 1.86 bits per heavy atom. The molecule has 0 aliphatic rings. The summed E-state index contributed by atoms with van der Waals surface area (Å²) in [5, 5.41) is 32.8. The lowest BCUT2D eigenvalue weighted by atomic mass is 10.00. The van der Waals surface area contributed by atoms with Crippen molar-refractivity contribution in [3.05, 3.63) is 71.4 Å². The van der Waals surface area contributed by atoms with Crippen LogP contribution in [0.25, 0.3) is 10.9 Å². The molecule has 0 saturated heterocycles. The van der Waals surface area contributed by atoms with Gasteiger partial charge in [0.2, 0.25) is 0 Å². The van der Waals surface area contributed by atoms with Crippen molar-refractivity contribution < 1.29 is 29.6 Å². The Morgan fingerprint density at radius 1 is 1.10 bits per heavy atom. The fourth-order valence-corrected chi connectivity index (χ4v) is 2.98. The number of aromatic carboxylic acids is 1. The van der Waals surface area contributed by atoms with E-state index in [1.165, 1.54) is 12.3 Å². The zero-order valence-electron chi connectivity index (χ0n) is 15.5. The molecular formula is C21H22N2O6. The number of benzene rings is 2. The number of ether oxygens (including phenoxy) is 1. The summed E-state index contributed by atoms with van der Waals surface area (Å²) in [6.07, 6.45) is -1.51. The van der Waals surface area contributed by atoms with E-state index in [0.717, 1.165) is 5.56 Å². The second-order valence-corrected chi connectivity index (χ2v) is 6.60. The van der Waals surface area contributed by atoms with Crippen LogP contribution in [-0.4, -0.2) is 45.0 Å². The second kappa shape index (κ2) is 9.22. The summed E-state index contributed by atoms with van der Waals surface area (Å²) in [5.74, 6) is -1.08. The average molecular weight is 398 g/mol. The zero-order valence-corrected chi connectivity index (χ0v) is 15.5. The van der Waals surface area contributed by atoms with Gasteiger partial charge in [0.15, 0.2) is 0 Å². The minimum absolute atomic E-state index is 0.0892. The van der Waals surface area contributed by atoms with Gasteiger partial charge in [-0.25, -0.2) is 9.59 Å². The molecule has 0 bridgehead atoms. The molecule has 2 unspecified atom stereocenters. The maximum atomic E-state index is 11.7. The molecule has 8 nitrogen and oxygen atoms in total. The van der Waals surface area contributed by atoms with Gasteiger partial charge >= 0.3 is 12.1 Å². The Hall–Kier alpha value is -3.36. The lowest BCUT2D eigenvalue weighted by Crippen LogP contribution is -2.29. The fraction of sp³-hybridized carbons (Fsp3) is 0.238. The highest BCUT2D eigenvalue weighted by Crippen LogP contribution is 2.25. The molecule has 152 valence electrons. The highest BCUT2D eigenvalue weighted by Gasteiger charge is 2.20. The summed E-state index contributed by atoms with van der Waals surface area (Å²) in [6, 6.07) is 14.0. The van der Waals surface area contributed by atoms with E-state index in [0.29, 0.717) is 16.5 Å². The van der Waals surface area contributed by atoms with Crippen LogP contribution in [0.4, 0.5) is 4.79 Å². The quantitative estimate of drug-likeness (QED) is 0.396. The molecule has 0 spiro atoms. The topological polar surface area (TPSA) is 132 Å². The molecule has 0 fully saturated rings. The Morgan fingerprint density at radius 3 is 2.59 bits per heavy atom. The predicted molar refractivity (Wildman–Crippen MR) is 105 cm³/mol. The fourth-order valence-electron chi connectivity index (χ4n) is 2.98. The molecule has 1 heterocycles. The molecule has 0 aliphatic heterocycles. The van der Waals surface area contributed by atoms with Crippen molar-refractivity contribution in [3.63, 3.8) is 0 Å². The van der Waals surface area contributed by atoms with Crippen LogP contribution in [0, 0.1) is 0 Å². The number of aliphatic hydroxyl groups excluding tert-OH is 2. The molecule has 2 atom stereocenters. The molecule has 0 radical (unpaired) electrons. The number of fused-ring (bicyclic) bond motifs is 1. The molecule has 1 aromatic heterocycles. The van der Waals surface area contributed by atoms with Gasteiger partial charge in [0, 0.05) is 23.6 Å². The van der Waals surface area contributed by atoms with Crippen molar-refractivity contribution in [2.75, 3.05) is 6.54 Å². The number of rotatable bonds is 8. The number of nitrogens with one attached hydrogen (secondary N) is 2. The van der Waals surface area contributed by atoms with E-state index in [-0.39, 0.29) is 25.1 Å². The monoisotopic (exact) mass is 398 g/mol. The largest absolute Gasteiger partial charge is 0.478 e. The van der Waals surface area contributed by atoms with Gasteiger partial charge in [-0.2, -0.15) is 0 Å². The van der Waals surface area contributed by atoms with Crippen LogP contribution in [0.5, 0.6) is 0 Å². The highest BCUT2D eigenvalue weighted by molar-refractivity contribution is 6.03. The standard InChI is InChI=1S/C21H22N2O6/c24-18(8-9-22-21(28)29-12-13-4-2-1-3-5-13)19(25)14-6-7-17-15(10-14)16(11-23-17)20(26)27/h1-7,10-11,18-19,23-25H,8-9,12H2,(H,22,28)(H,26,27). The minimum atomic E-state index is -1.22. The Labute approximate surface area is 166 Å². The van der Waals surface area contributed by atoms with Gasteiger partial charge in [0.1, 0.15) is 12.7 Å². The van der Waals surface area contributed by atoms with E-state index < -0.39 is 24.3 Å².